The van der Waals surface area contributed by atoms with Crippen LogP contribution in [0.15, 0.2) is 30.3 Å². The Labute approximate surface area is 179 Å². The molecule has 0 radical (unpaired) electrons. The Hall–Kier alpha value is -2.47. The quantitative estimate of drug-likeness (QED) is 0.368. The van der Waals surface area contributed by atoms with Gasteiger partial charge in [0.1, 0.15) is 22.9 Å². The van der Waals surface area contributed by atoms with Crippen molar-refractivity contribution < 1.29 is 44.7 Å². The molecule has 0 saturated carbocycles. The number of ether oxygens (including phenoxy) is 1. The van der Waals surface area contributed by atoms with E-state index in [1.54, 1.807) is 0 Å². The Kier molecular flexibility index (Phi) is 7.48. The summed E-state index contributed by atoms with van der Waals surface area (Å²) in [5.74, 6) is -4.42. The lowest BCUT2D eigenvalue weighted by Crippen LogP contribution is -2.45. The first-order valence-electron chi connectivity index (χ1n) is 7.96. The van der Waals surface area contributed by atoms with E-state index in [1.165, 1.54) is 0 Å². The van der Waals surface area contributed by atoms with E-state index >= 15 is 0 Å². The molecule has 0 saturated heterocycles. The molecule has 0 fully saturated rings. The van der Waals surface area contributed by atoms with E-state index in [0.29, 0.717) is 6.07 Å². The molecule has 14 heteroatoms. The van der Waals surface area contributed by atoms with E-state index in [-0.39, 0.29) is 5.69 Å². The summed E-state index contributed by atoms with van der Waals surface area (Å²) in [7, 11) is 0. The lowest BCUT2D eigenvalue weighted by Gasteiger charge is -2.24. The molecular formula is C17H10Cl2F8N2O2. The molecule has 2 N–H and O–H groups in total. The molecular weight excluding hydrogens is 487 g/mol. The minimum atomic E-state index is -5.89. The minimum absolute atomic E-state index is 0.121. The number of anilines is 1. The van der Waals surface area contributed by atoms with Crippen LogP contribution in [-0.4, -0.2) is 31.0 Å². The highest BCUT2D eigenvalue weighted by Gasteiger charge is 2.59. The molecule has 2 aromatic carbocycles. The molecule has 0 bridgehead atoms. The van der Waals surface area contributed by atoms with Crippen molar-refractivity contribution in [3.8, 4) is 5.75 Å². The second-order valence-electron chi connectivity index (χ2n) is 5.79. The fraction of sp³-hybridized carbons (Fsp3) is 0.235. The minimum Gasteiger partial charge on any atom is -0.428 e. The number of amides is 1. The van der Waals surface area contributed by atoms with Gasteiger partial charge in [-0.05, 0) is 18.2 Å². The third-order valence-corrected chi connectivity index (χ3v) is 4.18. The van der Waals surface area contributed by atoms with Gasteiger partial charge < -0.3 is 15.4 Å². The van der Waals surface area contributed by atoms with Crippen molar-refractivity contribution in [2.75, 3.05) is 12.0 Å². The normalized spacial score (nSPS) is 13.0. The fourth-order valence-electron chi connectivity index (χ4n) is 2.15. The molecule has 0 heterocycles. The molecule has 4 nitrogen and oxygen atoms in total. The fourth-order valence-corrected chi connectivity index (χ4v) is 2.58. The van der Waals surface area contributed by atoms with Gasteiger partial charge in [0, 0.05) is 6.07 Å². The maximum absolute atomic E-state index is 13.5. The second kappa shape index (κ2) is 9.35. The van der Waals surface area contributed by atoms with Gasteiger partial charge in [-0.3, -0.25) is 4.79 Å². The van der Waals surface area contributed by atoms with Crippen LogP contribution in [0.3, 0.4) is 0 Å². The smallest absolute Gasteiger partial charge is 0.428 e. The number of hydrogen-bond donors (Lipinski definition) is 2. The van der Waals surface area contributed by atoms with Gasteiger partial charge in [0.2, 0.25) is 0 Å². The van der Waals surface area contributed by atoms with Crippen molar-refractivity contribution in [2.24, 2.45) is 0 Å². The van der Waals surface area contributed by atoms with Gasteiger partial charge >= 0.3 is 12.3 Å². The van der Waals surface area contributed by atoms with E-state index in [0.717, 1.165) is 24.3 Å². The number of halogens is 10. The standard InChI is InChI=1S/C17H10Cl2F8N2O2/c18-7-5-12(31-17(26,27)15(22)16(23,24)25)8(19)4-11(7)28-6-29-14(30)13-9(20)2-1-3-10(13)21/h1-5,15,28H,6H2,(H,29,30). The first-order chi connectivity index (χ1) is 14.2. The van der Waals surface area contributed by atoms with Crippen LogP contribution in [0.5, 0.6) is 5.75 Å². The van der Waals surface area contributed by atoms with Crippen LogP contribution < -0.4 is 15.4 Å². The molecule has 0 aromatic heterocycles. The van der Waals surface area contributed by atoms with Crippen LogP contribution in [0.2, 0.25) is 10.0 Å². The molecule has 0 spiro atoms. The first-order valence-corrected chi connectivity index (χ1v) is 8.72. The zero-order valence-corrected chi connectivity index (χ0v) is 16.3. The van der Waals surface area contributed by atoms with Crippen molar-refractivity contribution in [1.82, 2.24) is 5.32 Å². The van der Waals surface area contributed by atoms with E-state index in [4.69, 9.17) is 23.2 Å². The summed E-state index contributed by atoms with van der Waals surface area (Å²) in [5.41, 5.74) is -0.978. The van der Waals surface area contributed by atoms with Gasteiger partial charge in [0.05, 0.1) is 22.4 Å². The molecule has 1 amide bonds. The predicted molar refractivity (Wildman–Crippen MR) is 95.3 cm³/mol. The zero-order chi connectivity index (χ0) is 23.6. The second-order valence-corrected chi connectivity index (χ2v) is 6.60. The molecule has 2 rings (SSSR count). The molecule has 0 aliphatic rings. The van der Waals surface area contributed by atoms with Crippen LogP contribution in [0.25, 0.3) is 0 Å². The van der Waals surface area contributed by atoms with Crippen LogP contribution >= 0.6 is 23.2 Å². The third-order valence-electron chi connectivity index (χ3n) is 3.57. The third kappa shape index (κ3) is 6.03. The van der Waals surface area contributed by atoms with Gasteiger partial charge in [-0.2, -0.15) is 22.0 Å². The monoisotopic (exact) mass is 496 g/mol. The zero-order valence-electron chi connectivity index (χ0n) is 14.8. The van der Waals surface area contributed by atoms with Crippen molar-refractivity contribution >= 4 is 34.8 Å². The Morgan fingerprint density at radius 1 is 1.03 bits per heavy atom. The van der Waals surface area contributed by atoms with Crippen LogP contribution in [0.4, 0.5) is 40.8 Å². The molecule has 1 atom stereocenters. The number of nitrogens with one attached hydrogen (secondary N) is 2. The molecule has 0 aliphatic carbocycles. The van der Waals surface area contributed by atoms with Crippen LogP contribution in [0, 0.1) is 11.6 Å². The number of alkyl halides is 6. The van der Waals surface area contributed by atoms with Crippen LogP contribution in [0.1, 0.15) is 10.4 Å². The SMILES string of the molecule is O=C(NCNc1cc(Cl)c(OC(F)(F)C(F)C(F)(F)F)cc1Cl)c1c(F)cccc1F. The Morgan fingerprint density at radius 3 is 2.16 bits per heavy atom. The Bertz CT molecular complexity index is 952. The van der Waals surface area contributed by atoms with E-state index < -0.39 is 64.0 Å². The van der Waals surface area contributed by atoms with E-state index in [9.17, 15) is 39.9 Å². The lowest BCUT2D eigenvalue weighted by atomic mass is 10.2. The van der Waals surface area contributed by atoms with Crippen molar-refractivity contribution in [1.29, 1.82) is 0 Å². The van der Waals surface area contributed by atoms with E-state index in [1.807, 2.05) is 0 Å². The van der Waals surface area contributed by atoms with Crippen LogP contribution in [-0.2, 0) is 0 Å². The summed E-state index contributed by atoms with van der Waals surface area (Å²) in [5, 5.41) is 3.46. The maximum Gasteiger partial charge on any atom is 0.439 e. The number of benzene rings is 2. The van der Waals surface area contributed by atoms with Crippen molar-refractivity contribution in [3.05, 3.63) is 57.6 Å². The van der Waals surface area contributed by atoms with Gasteiger partial charge in [-0.15, -0.1) is 0 Å². The lowest BCUT2D eigenvalue weighted by molar-refractivity contribution is -0.304. The molecule has 31 heavy (non-hydrogen) atoms. The average molecular weight is 497 g/mol. The summed E-state index contributed by atoms with van der Waals surface area (Å²) >= 11 is 11.4. The van der Waals surface area contributed by atoms with Gasteiger partial charge in [-0.25, -0.2) is 13.2 Å². The molecule has 1 unspecified atom stereocenters. The number of hydrogen-bond acceptors (Lipinski definition) is 3. The molecule has 170 valence electrons. The first kappa shape index (κ1) is 24.8. The summed E-state index contributed by atoms with van der Waals surface area (Å²) in [6.07, 6.45) is -15.8. The maximum atomic E-state index is 13.5. The van der Waals surface area contributed by atoms with Crippen molar-refractivity contribution in [2.45, 2.75) is 18.5 Å². The number of carbonyl (C=O) groups excluding carboxylic acids is 1. The molecule has 0 aliphatic heterocycles. The highest BCUT2D eigenvalue weighted by molar-refractivity contribution is 6.36. The van der Waals surface area contributed by atoms with Gasteiger partial charge in [0.25, 0.3) is 12.1 Å². The highest BCUT2D eigenvalue weighted by atomic mass is 35.5. The van der Waals surface area contributed by atoms with E-state index in [2.05, 4.69) is 15.4 Å². The number of rotatable bonds is 7. The summed E-state index contributed by atoms with van der Waals surface area (Å²) in [4.78, 5) is 11.9. The highest BCUT2D eigenvalue weighted by Crippen LogP contribution is 2.41. The Morgan fingerprint density at radius 2 is 1.61 bits per heavy atom. The number of carbonyl (C=O) groups is 1. The van der Waals surface area contributed by atoms with Gasteiger partial charge in [-0.1, -0.05) is 29.3 Å². The Balaban J connectivity index is 2.08. The largest absolute Gasteiger partial charge is 0.439 e. The topological polar surface area (TPSA) is 50.4 Å². The summed E-state index contributed by atoms with van der Waals surface area (Å²) in [6.45, 7) is -0.473. The van der Waals surface area contributed by atoms with Crippen molar-refractivity contribution in [3.63, 3.8) is 0 Å². The van der Waals surface area contributed by atoms with Gasteiger partial charge in [0.15, 0.2) is 0 Å². The average Bonchev–Trinajstić information content (AvgIpc) is 2.63. The summed E-state index contributed by atoms with van der Waals surface area (Å²) in [6, 6.07) is 4.19. The predicted octanol–water partition coefficient (Wildman–Crippen LogP) is 5.94. The molecule has 2 aromatic rings. The summed E-state index contributed by atoms with van der Waals surface area (Å²) < 4.78 is 107.